The number of ether oxygens (including phenoxy) is 1. The van der Waals surface area contributed by atoms with Crippen molar-refractivity contribution in [3.8, 4) is 5.75 Å². The monoisotopic (exact) mass is 347 g/mol. The van der Waals surface area contributed by atoms with Gasteiger partial charge in [-0.1, -0.05) is 0 Å². The average Bonchev–Trinajstić information content (AvgIpc) is 3.14. The van der Waals surface area contributed by atoms with E-state index in [1.54, 1.807) is 30.0 Å². The Morgan fingerprint density at radius 2 is 2.22 bits per heavy atom. The van der Waals surface area contributed by atoms with Crippen molar-refractivity contribution in [2.24, 2.45) is 0 Å². The lowest BCUT2D eigenvalue weighted by atomic mass is 10.3. The quantitative estimate of drug-likeness (QED) is 0.696. The molecule has 1 N–H and O–H groups in total. The number of fused-ring (bicyclic) bond motifs is 1. The maximum atomic E-state index is 12.1. The molecule has 2 heterocycles. The summed E-state index contributed by atoms with van der Waals surface area (Å²) in [6.07, 6.45) is 5.33. The Balaban J connectivity index is 1.53. The van der Waals surface area contributed by atoms with Crippen molar-refractivity contribution < 1.29 is 9.53 Å². The second-order valence-corrected chi connectivity index (χ2v) is 6.73. The highest BCUT2D eigenvalue weighted by atomic mass is 32.2. The average molecular weight is 347 g/mol. The molecule has 1 atom stereocenters. The molecule has 2 aromatic heterocycles. The zero-order chi connectivity index (χ0) is 16.2. The van der Waals surface area contributed by atoms with Crippen LogP contribution < -0.4 is 10.1 Å². The molecule has 120 valence electrons. The maximum Gasteiger partial charge on any atom is 0.261 e. The first-order valence-corrected chi connectivity index (χ1v) is 9.25. The second kappa shape index (κ2) is 7.06. The SMILES string of the molecule is CSc1ccc(OC(C)C(=O)NCc2cn3ccsc3n2)cc1. The zero-order valence-electron chi connectivity index (χ0n) is 12.9. The lowest BCUT2D eigenvalue weighted by Crippen LogP contribution is -2.35. The van der Waals surface area contributed by atoms with E-state index < -0.39 is 6.10 Å². The predicted octanol–water partition coefficient (Wildman–Crippen LogP) is 3.20. The summed E-state index contributed by atoms with van der Waals surface area (Å²) in [7, 11) is 0. The molecule has 23 heavy (non-hydrogen) atoms. The summed E-state index contributed by atoms with van der Waals surface area (Å²) in [5, 5.41) is 4.83. The first kappa shape index (κ1) is 15.9. The molecule has 0 saturated heterocycles. The van der Waals surface area contributed by atoms with Crippen LogP contribution in [-0.4, -0.2) is 27.7 Å². The number of carbonyl (C=O) groups excluding carboxylic acids is 1. The van der Waals surface area contributed by atoms with Gasteiger partial charge >= 0.3 is 0 Å². The van der Waals surface area contributed by atoms with Crippen LogP contribution >= 0.6 is 23.1 Å². The molecule has 0 aliphatic carbocycles. The number of benzene rings is 1. The first-order chi connectivity index (χ1) is 11.2. The summed E-state index contributed by atoms with van der Waals surface area (Å²) in [4.78, 5) is 18.6. The second-order valence-electron chi connectivity index (χ2n) is 4.98. The van der Waals surface area contributed by atoms with E-state index in [-0.39, 0.29) is 5.91 Å². The van der Waals surface area contributed by atoms with Crippen molar-refractivity contribution in [1.82, 2.24) is 14.7 Å². The van der Waals surface area contributed by atoms with Gasteiger partial charge in [-0.2, -0.15) is 0 Å². The number of carbonyl (C=O) groups is 1. The molecule has 0 spiro atoms. The molecule has 3 rings (SSSR count). The minimum Gasteiger partial charge on any atom is -0.481 e. The van der Waals surface area contributed by atoms with Gasteiger partial charge in [-0.25, -0.2) is 4.98 Å². The van der Waals surface area contributed by atoms with Gasteiger partial charge in [0.15, 0.2) is 11.1 Å². The Morgan fingerprint density at radius 3 is 2.91 bits per heavy atom. The molecule has 0 saturated carbocycles. The van der Waals surface area contributed by atoms with Gasteiger partial charge in [-0.3, -0.25) is 9.20 Å². The van der Waals surface area contributed by atoms with Crippen molar-refractivity contribution in [2.75, 3.05) is 6.26 Å². The molecule has 7 heteroatoms. The van der Waals surface area contributed by atoms with Crippen LogP contribution in [0.5, 0.6) is 5.75 Å². The third-order valence-corrected chi connectivity index (χ3v) is 4.84. The van der Waals surface area contributed by atoms with E-state index in [0.717, 1.165) is 15.6 Å². The van der Waals surface area contributed by atoms with Crippen LogP contribution in [0.25, 0.3) is 4.96 Å². The Bertz CT molecular complexity index is 767. The predicted molar refractivity (Wildman–Crippen MR) is 93.2 cm³/mol. The number of hydrogen-bond acceptors (Lipinski definition) is 5. The first-order valence-electron chi connectivity index (χ1n) is 7.15. The Kier molecular flexibility index (Phi) is 4.88. The van der Waals surface area contributed by atoms with Gasteiger partial charge in [0.25, 0.3) is 5.91 Å². The molecule has 0 bridgehead atoms. The van der Waals surface area contributed by atoms with Gasteiger partial charge in [-0.05, 0) is 37.4 Å². The van der Waals surface area contributed by atoms with Crippen LogP contribution in [0.3, 0.4) is 0 Å². The lowest BCUT2D eigenvalue weighted by Gasteiger charge is -2.14. The van der Waals surface area contributed by atoms with Gasteiger partial charge < -0.3 is 10.1 Å². The lowest BCUT2D eigenvalue weighted by molar-refractivity contribution is -0.127. The highest BCUT2D eigenvalue weighted by molar-refractivity contribution is 7.98. The number of aromatic nitrogens is 2. The highest BCUT2D eigenvalue weighted by Gasteiger charge is 2.15. The van der Waals surface area contributed by atoms with Crippen LogP contribution in [0.2, 0.25) is 0 Å². The van der Waals surface area contributed by atoms with E-state index in [1.807, 2.05) is 52.7 Å². The van der Waals surface area contributed by atoms with Crippen LogP contribution in [0, 0.1) is 0 Å². The topological polar surface area (TPSA) is 55.6 Å². The van der Waals surface area contributed by atoms with Gasteiger partial charge in [0, 0.05) is 22.7 Å². The molecule has 0 aliphatic heterocycles. The fourth-order valence-electron chi connectivity index (χ4n) is 2.09. The van der Waals surface area contributed by atoms with Crippen LogP contribution in [-0.2, 0) is 11.3 Å². The number of nitrogens with zero attached hydrogens (tertiary/aromatic N) is 2. The van der Waals surface area contributed by atoms with Gasteiger partial charge in [-0.15, -0.1) is 23.1 Å². The summed E-state index contributed by atoms with van der Waals surface area (Å²) in [6.45, 7) is 2.13. The van der Waals surface area contributed by atoms with Crippen molar-refractivity contribution >= 4 is 34.0 Å². The van der Waals surface area contributed by atoms with E-state index in [9.17, 15) is 4.79 Å². The molecule has 3 aromatic rings. The summed E-state index contributed by atoms with van der Waals surface area (Å²) in [6, 6.07) is 7.70. The van der Waals surface area contributed by atoms with E-state index in [0.29, 0.717) is 12.3 Å². The largest absolute Gasteiger partial charge is 0.481 e. The number of imidazole rings is 1. The van der Waals surface area contributed by atoms with Gasteiger partial charge in [0.1, 0.15) is 5.75 Å². The number of thioether (sulfide) groups is 1. The Labute approximate surface area is 142 Å². The molecule has 1 amide bonds. The van der Waals surface area contributed by atoms with Crippen LogP contribution in [0.15, 0.2) is 46.9 Å². The Hall–Kier alpha value is -1.99. The molecule has 5 nitrogen and oxygen atoms in total. The molecular formula is C16H17N3O2S2. The van der Waals surface area contributed by atoms with E-state index in [2.05, 4.69) is 10.3 Å². The highest BCUT2D eigenvalue weighted by Crippen LogP contribution is 2.19. The standard InChI is InChI=1S/C16H17N3O2S2/c1-11(21-13-3-5-14(22-2)6-4-13)15(20)17-9-12-10-19-7-8-23-16(19)18-12/h3-8,10-11H,9H2,1-2H3,(H,17,20). The third kappa shape index (κ3) is 3.86. The third-order valence-electron chi connectivity index (χ3n) is 3.33. The normalized spacial score (nSPS) is 12.3. The minimum absolute atomic E-state index is 0.157. The summed E-state index contributed by atoms with van der Waals surface area (Å²) in [5.74, 6) is 0.531. The Morgan fingerprint density at radius 1 is 1.43 bits per heavy atom. The molecule has 1 aromatic carbocycles. The number of hydrogen-bond donors (Lipinski definition) is 1. The van der Waals surface area contributed by atoms with E-state index in [1.165, 1.54) is 0 Å². The number of thiazole rings is 1. The number of amides is 1. The zero-order valence-corrected chi connectivity index (χ0v) is 14.5. The molecule has 0 aliphatic rings. The van der Waals surface area contributed by atoms with Crippen molar-refractivity contribution in [1.29, 1.82) is 0 Å². The molecule has 0 fully saturated rings. The van der Waals surface area contributed by atoms with E-state index >= 15 is 0 Å². The van der Waals surface area contributed by atoms with Crippen LogP contribution in [0.1, 0.15) is 12.6 Å². The summed E-state index contributed by atoms with van der Waals surface area (Å²) in [5.41, 5.74) is 0.835. The van der Waals surface area contributed by atoms with Crippen molar-refractivity contribution in [3.63, 3.8) is 0 Å². The van der Waals surface area contributed by atoms with Gasteiger partial charge in [0.05, 0.1) is 12.2 Å². The van der Waals surface area contributed by atoms with Crippen molar-refractivity contribution in [3.05, 3.63) is 47.7 Å². The maximum absolute atomic E-state index is 12.1. The van der Waals surface area contributed by atoms with E-state index in [4.69, 9.17) is 4.74 Å². The fraction of sp³-hybridized carbons (Fsp3) is 0.250. The van der Waals surface area contributed by atoms with Crippen LogP contribution in [0.4, 0.5) is 0 Å². The molecule has 1 unspecified atom stereocenters. The summed E-state index contributed by atoms with van der Waals surface area (Å²) >= 11 is 3.23. The molecule has 0 radical (unpaired) electrons. The number of nitrogens with one attached hydrogen (secondary N) is 1. The van der Waals surface area contributed by atoms with Gasteiger partial charge in [0.2, 0.25) is 0 Å². The fourth-order valence-corrected chi connectivity index (χ4v) is 3.22. The minimum atomic E-state index is -0.557. The molecular weight excluding hydrogens is 330 g/mol. The number of rotatable bonds is 6. The van der Waals surface area contributed by atoms with Crippen molar-refractivity contribution in [2.45, 2.75) is 24.5 Å². The summed E-state index contributed by atoms with van der Waals surface area (Å²) < 4.78 is 7.61. The smallest absolute Gasteiger partial charge is 0.261 e.